The van der Waals surface area contributed by atoms with E-state index in [2.05, 4.69) is 56.7 Å². The molecule has 1 fully saturated rings. The van der Waals surface area contributed by atoms with Gasteiger partial charge in [-0.1, -0.05) is 0 Å². The molecule has 17 heavy (non-hydrogen) atoms. The van der Waals surface area contributed by atoms with Crippen LogP contribution in [0.2, 0.25) is 0 Å². The van der Waals surface area contributed by atoms with E-state index in [0.717, 1.165) is 0 Å². The van der Waals surface area contributed by atoms with Gasteiger partial charge in [-0.25, -0.2) is 0 Å². The predicted octanol–water partition coefficient (Wildman–Crippen LogP) is 2.22. The molecule has 0 amide bonds. The second-order valence-electron chi connectivity index (χ2n) is 6.65. The summed E-state index contributed by atoms with van der Waals surface area (Å²) in [5.74, 6) is 0. The maximum atomic E-state index is 4.75. The Morgan fingerprint density at radius 1 is 0.824 bits per heavy atom. The topological polar surface area (TPSA) is 18.5 Å². The lowest BCUT2D eigenvalue weighted by Crippen LogP contribution is -2.59. The first-order chi connectivity index (χ1) is 7.51. The van der Waals surface area contributed by atoms with Gasteiger partial charge in [0.25, 0.3) is 0 Å². The molecule has 3 nitrogen and oxygen atoms in total. The van der Waals surface area contributed by atoms with Crippen molar-refractivity contribution in [2.75, 3.05) is 7.05 Å². The zero-order chi connectivity index (χ0) is 13.6. The molecule has 0 aromatic rings. The van der Waals surface area contributed by atoms with Crippen molar-refractivity contribution in [1.29, 1.82) is 0 Å². The van der Waals surface area contributed by atoms with E-state index in [9.17, 15) is 0 Å². The molecule has 1 aliphatic heterocycles. The van der Waals surface area contributed by atoms with Crippen LogP contribution in [0.5, 0.6) is 0 Å². The molecule has 1 heterocycles. The molecule has 0 bridgehead atoms. The standard InChI is InChI=1S/C12H27N3S2/c1-11(2,3)14-8(16)9(17)15(10(14)13-7)12(4,5)6/h8-10,13,16-17H,1-7H3. The molecule has 2 unspecified atom stereocenters. The number of hydrogen-bond acceptors (Lipinski definition) is 5. The predicted molar refractivity (Wildman–Crippen MR) is 81.6 cm³/mol. The van der Waals surface area contributed by atoms with Crippen LogP contribution in [0.1, 0.15) is 41.5 Å². The zero-order valence-electron chi connectivity index (χ0n) is 12.0. The molecule has 0 spiro atoms. The van der Waals surface area contributed by atoms with Crippen molar-refractivity contribution in [1.82, 2.24) is 15.1 Å². The van der Waals surface area contributed by atoms with E-state index in [-0.39, 0.29) is 28.1 Å². The van der Waals surface area contributed by atoms with E-state index in [4.69, 9.17) is 25.3 Å². The molecule has 2 atom stereocenters. The number of nitrogens with one attached hydrogen (secondary N) is 1. The second-order valence-corrected chi connectivity index (χ2v) is 7.70. The lowest BCUT2D eigenvalue weighted by atomic mass is 10.1. The molecular weight excluding hydrogens is 250 g/mol. The van der Waals surface area contributed by atoms with Gasteiger partial charge in [0.1, 0.15) is 6.29 Å². The first kappa shape index (κ1) is 15.6. The quantitative estimate of drug-likeness (QED) is 0.639. The van der Waals surface area contributed by atoms with Gasteiger partial charge >= 0.3 is 0 Å². The van der Waals surface area contributed by atoms with E-state index < -0.39 is 0 Å². The Kier molecular flexibility index (Phi) is 4.53. The first-order valence-electron chi connectivity index (χ1n) is 6.12. The van der Waals surface area contributed by atoms with E-state index >= 15 is 0 Å². The maximum Gasteiger partial charge on any atom is 0.119 e. The summed E-state index contributed by atoms with van der Waals surface area (Å²) < 4.78 is 0. The first-order valence-corrected chi connectivity index (χ1v) is 7.15. The number of thiol groups is 2. The van der Waals surface area contributed by atoms with Gasteiger partial charge in [-0.2, -0.15) is 25.3 Å². The van der Waals surface area contributed by atoms with Crippen molar-refractivity contribution in [2.24, 2.45) is 0 Å². The monoisotopic (exact) mass is 277 g/mol. The molecule has 1 saturated heterocycles. The van der Waals surface area contributed by atoms with Gasteiger partial charge in [0, 0.05) is 11.1 Å². The van der Waals surface area contributed by atoms with Crippen molar-refractivity contribution >= 4 is 25.3 Å². The maximum absolute atomic E-state index is 4.75. The van der Waals surface area contributed by atoms with Gasteiger partial charge < -0.3 is 0 Å². The van der Waals surface area contributed by atoms with Crippen LogP contribution < -0.4 is 5.32 Å². The SMILES string of the molecule is CNC1N(C(C)(C)C)C(S)C(S)N1C(C)(C)C. The number of rotatable bonds is 1. The van der Waals surface area contributed by atoms with Crippen LogP contribution >= 0.6 is 25.3 Å². The summed E-state index contributed by atoms with van der Waals surface area (Å²) in [5, 5.41) is 3.63. The summed E-state index contributed by atoms with van der Waals surface area (Å²) in [6.45, 7) is 13.3. The fourth-order valence-electron chi connectivity index (χ4n) is 2.52. The van der Waals surface area contributed by atoms with Gasteiger partial charge in [0.05, 0.1) is 10.7 Å². The Bertz CT molecular complexity index is 244. The molecule has 5 heteroatoms. The van der Waals surface area contributed by atoms with Crippen LogP contribution in [0.15, 0.2) is 0 Å². The molecule has 1 rings (SSSR count). The fourth-order valence-corrected chi connectivity index (χ4v) is 3.75. The third-order valence-corrected chi connectivity index (χ3v) is 4.47. The lowest BCUT2D eigenvalue weighted by molar-refractivity contribution is -0.00258. The summed E-state index contributed by atoms with van der Waals surface area (Å²) in [5.41, 5.74) is 0.113. The molecular formula is C12H27N3S2. The van der Waals surface area contributed by atoms with Crippen LogP contribution in [0.25, 0.3) is 0 Å². The lowest BCUT2D eigenvalue weighted by Gasteiger charge is -2.43. The summed E-state index contributed by atoms with van der Waals surface area (Å²) in [6, 6.07) is 0. The molecule has 1 aliphatic rings. The van der Waals surface area contributed by atoms with Crippen LogP contribution in [0, 0.1) is 0 Å². The van der Waals surface area contributed by atoms with Gasteiger partial charge in [-0.3, -0.25) is 15.1 Å². The number of hydrogen-bond donors (Lipinski definition) is 3. The highest BCUT2D eigenvalue weighted by atomic mass is 32.1. The summed E-state index contributed by atoms with van der Waals surface area (Å²) >= 11 is 9.50. The van der Waals surface area contributed by atoms with E-state index in [1.54, 1.807) is 0 Å². The highest BCUT2D eigenvalue weighted by Gasteiger charge is 2.51. The van der Waals surface area contributed by atoms with Gasteiger partial charge in [-0.15, -0.1) is 0 Å². The average molecular weight is 278 g/mol. The third kappa shape index (κ3) is 2.95. The van der Waals surface area contributed by atoms with Crippen molar-refractivity contribution in [2.45, 2.75) is 69.7 Å². The average Bonchev–Trinajstić information content (AvgIpc) is 2.37. The molecule has 1 N–H and O–H groups in total. The minimum absolute atomic E-state index is 0.0566. The molecule has 0 radical (unpaired) electrons. The van der Waals surface area contributed by atoms with E-state index in [1.165, 1.54) is 0 Å². The molecule has 102 valence electrons. The Labute approximate surface area is 117 Å². The third-order valence-electron chi connectivity index (χ3n) is 3.17. The smallest absolute Gasteiger partial charge is 0.119 e. The Balaban J connectivity index is 3.12. The summed E-state index contributed by atoms with van der Waals surface area (Å²) in [6.07, 6.45) is 0.167. The Morgan fingerprint density at radius 3 is 1.29 bits per heavy atom. The largest absolute Gasteiger partial charge is 0.292 e. The van der Waals surface area contributed by atoms with E-state index in [0.29, 0.717) is 0 Å². The molecule has 0 aromatic carbocycles. The van der Waals surface area contributed by atoms with Gasteiger partial charge in [0.15, 0.2) is 0 Å². The minimum Gasteiger partial charge on any atom is -0.292 e. The van der Waals surface area contributed by atoms with E-state index in [1.807, 2.05) is 7.05 Å². The molecule has 0 aliphatic carbocycles. The van der Waals surface area contributed by atoms with Crippen molar-refractivity contribution in [3.05, 3.63) is 0 Å². The zero-order valence-corrected chi connectivity index (χ0v) is 13.8. The highest BCUT2D eigenvalue weighted by molar-refractivity contribution is 7.85. The Hall–Kier alpha value is 0.580. The van der Waals surface area contributed by atoms with Crippen LogP contribution in [0.4, 0.5) is 0 Å². The van der Waals surface area contributed by atoms with Crippen LogP contribution in [-0.4, -0.2) is 45.0 Å². The molecule has 0 aromatic heterocycles. The highest BCUT2D eigenvalue weighted by Crippen LogP contribution is 2.39. The Morgan fingerprint density at radius 2 is 1.12 bits per heavy atom. The molecule has 0 saturated carbocycles. The van der Waals surface area contributed by atoms with Gasteiger partial charge in [-0.05, 0) is 48.6 Å². The van der Waals surface area contributed by atoms with Crippen molar-refractivity contribution < 1.29 is 0 Å². The summed E-state index contributed by atoms with van der Waals surface area (Å²) in [7, 11) is 1.99. The van der Waals surface area contributed by atoms with Crippen molar-refractivity contribution in [3.8, 4) is 0 Å². The normalized spacial score (nSPS) is 33.4. The fraction of sp³-hybridized carbons (Fsp3) is 1.00. The minimum atomic E-state index is 0.0566. The van der Waals surface area contributed by atoms with Crippen LogP contribution in [0.3, 0.4) is 0 Å². The van der Waals surface area contributed by atoms with Gasteiger partial charge in [0.2, 0.25) is 0 Å². The number of nitrogens with zero attached hydrogens (tertiary/aromatic N) is 2. The van der Waals surface area contributed by atoms with Crippen molar-refractivity contribution in [3.63, 3.8) is 0 Å². The van der Waals surface area contributed by atoms with Crippen LogP contribution in [-0.2, 0) is 0 Å². The summed E-state index contributed by atoms with van der Waals surface area (Å²) in [4.78, 5) is 4.75. The second kappa shape index (κ2) is 4.93.